The van der Waals surface area contributed by atoms with E-state index in [1.54, 1.807) is 26.0 Å². The van der Waals surface area contributed by atoms with Crippen LogP contribution in [0.4, 0.5) is 4.39 Å². The lowest BCUT2D eigenvalue weighted by atomic mass is 10.1. The summed E-state index contributed by atoms with van der Waals surface area (Å²) in [6, 6.07) is 5.78. The van der Waals surface area contributed by atoms with E-state index in [2.05, 4.69) is 10.1 Å². The van der Waals surface area contributed by atoms with Crippen molar-refractivity contribution in [3.63, 3.8) is 0 Å². The van der Waals surface area contributed by atoms with Crippen molar-refractivity contribution in [2.24, 2.45) is 0 Å². The fourth-order valence-corrected chi connectivity index (χ4v) is 2.42. The van der Waals surface area contributed by atoms with E-state index in [9.17, 15) is 14.0 Å². The quantitative estimate of drug-likeness (QED) is 0.661. The zero-order chi connectivity index (χ0) is 18.8. The van der Waals surface area contributed by atoms with Crippen LogP contribution in [0.3, 0.4) is 0 Å². The van der Waals surface area contributed by atoms with Crippen LogP contribution in [0.1, 0.15) is 33.1 Å². The van der Waals surface area contributed by atoms with Gasteiger partial charge in [0, 0.05) is 11.6 Å². The number of halogens is 1. The second-order valence-electron chi connectivity index (χ2n) is 5.73. The molecule has 26 heavy (non-hydrogen) atoms. The number of ether oxygens (including phenoxy) is 1. The van der Waals surface area contributed by atoms with Gasteiger partial charge < -0.3 is 13.7 Å². The van der Waals surface area contributed by atoms with Gasteiger partial charge in [0.25, 0.3) is 5.89 Å². The lowest BCUT2D eigenvalue weighted by molar-refractivity contribution is 0.0424. The number of nitrogens with zero attached hydrogens (tertiary/aromatic N) is 2. The highest BCUT2D eigenvalue weighted by Gasteiger charge is 2.18. The molecule has 0 atom stereocenters. The van der Waals surface area contributed by atoms with Crippen molar-refractivity contribution in [3.05, 3.63) is 68.8 Å². The van der Waals surface area contributed by atoms with Crippen LogP contribution in [0.5, 0.6) is 0 Å². The molecular weight excluding hydrogens is 343 g/mol. The highest BCUT2D eigenvalue weighted by atomic mass is 19.1. The Morgan fingerprint density at radius 3 is 2.65 bits per heavy atom. The van der Waals surface area contributed by atoms with E-state index in [4.69, 9.17) is 13.7 Å². The number of aromatic nitrogens is 2. The molecule has 0 aliphatic rings. The van der Waals surface area contributed by atoms with E-state index in [0.717, 1.165) is 0 Å². The van der Waals surface area contributed by atoms with Crippen LogP contribution in [0, 0.1) is 26.6 Å². The molecule has 3 rings (SSSR count). The van der Waals surface area contributed by atoms with Gasteiger partial charge in [0.2, 0.25) is 5.82 Å². The van der Waals surface area contributed by atoms with E-state index < -0.39 is 11.6 Å². The van der Waals surface area contributed by atoms with Gasteiger partial charge in [-0.2, -0.15) is 4.98 Å². The molecule has 0 bridgehead atoms. The fourth-order valence-electron chi connectivity index (χ4n) is 2.42. The summed E-state index contributed by atoms with van der Waals surface area (Å²) in [6.07, 6.45) is 0. The Bertz CT molecular complexity index is 1010. The highest BCUT2D eigenvalue weighted by Crippen LogP contribution is 2.19. The third-order valence-corrected chi connectivity index (χ3v) is 3.76. The SMILES string of the molecule is Cc1ccc(-c2noc(COC(=O)c3c(C)cc(=O)oc3C)n2)cc1F. The molecule has 8 heteroatoms. The van der Waals surface area contributed by atoms with E-state index in [0.29, 0.717) is 16.7 Å². The van der Waals surface area contributed by atoms with Crippen LogP contribution < -0.4 is 5.63 Å². The maximum Gasteiger partial charge on any atom is 0.342 e. The molecule has 0 aliphatic carbocycles. The van der Waals surface area contributed by atoms with Crippen LogP contribution in [0.25, 0.3) is 11.4 Å². The summed E-state index contributed by atoms with van der Waals surface area (Å²) < 4.78 is 28.7. The van der Waals surface area contributed by atoms with Crippen LogP contribution in [0.15, 0.2) is 38.0 Å². The first-order valence-corrected chi connectivity index (χ1v) is 7.72. The molecule has 0 saturated heterocycles. The third-order valence-electron chi connectivity index (χ3n) is 3.76. The maximum atomic E-state index is 13.6. The van der Waals surface area contributed by atoms with Gasteiger partial charge in [0.1, 0.15) is 17.1 Å². The number of hydrogen-bond acceptors (Lipinski definition) is 7. The van der Waals surface area contributed by atoms with Gasteiger partial charge >= 0.3 is 11.6 Å². The highest BCUT2D eigenvalue weighted by molar-refractivity contribution is 5.91. The van der Waals surface area contributed by atoms with E-state index in [1.807, 2.05) is 0 Å². The third kappa shape index (κ3) is 3.53. The second kappa shape index (κ2) is 6.91. The monoisotopic (exact) mass is 358 g/mol. The Balaban J connectivity index is 1.73. The van der Waals surface area contributed by atoms with Gasteiger partial charge in [-0.25, -0.2) is 14.0 Å². The summed E-state index contributed by atoms with van der Waals surface area (Å²) in [7, 11) is 0. The first-order valence-electron chi connectivity index (χ1n) is 7.72. The predicted octanol–water partition coefficient (Wildman–Crippen LogP) is 3.11. The second-order valence-corrected chi connectivity index (χ2v) is 5.73. The molecule has 0 N–H and O–H groups in total. The minimum atomic E-state index is -0.676. The van der Waals surface area contributed by atoms with E-state index in [-0.39, 0.29) is 35.5 Å². The zero-order valence-electron chi connectivity index (χ0n) is 14.3. The van der Waals surface area contributed by atoms with Crippen molar-refractivity contribution in [1.82, 2.24) is 10.1 Å². The summed E-state index contributed by atoms with van der Waals surface area (Å²) in [5.74, 6) is -0.641. The largest absolute Gasteiger partial charge is 0.452 e. The number of carbonyl (C=O) groups is 1. The summed E-state index contributed by atoms with van der Waals surface area (Å²) in [4.78, 5) is 27.6. The number of esters is 1. The smallest absolute Gasteiger partial charge is 0.342 e. The van der Waals surface area contributed by atoms with Crippen LogP contribution in [0.2, 0.25) is 0 Å². The first-order chi connectivity index (χ1) is 12.3. The average molecular weight is 358 g/mol. The molecule has 0 saturated carbocycles. The van der Waals surface area contributed by atoms with Crippen molar-refractivity contribution in [3.8, 4) is 11.4 Å². The van der Waals surface area contributed by atoms with Crippen LogP contribution in [-0.2, 0) is 11.3 Å². The number of carbonyl (C=O) groups excluding carboxylic acids is 1. The number of rotatable bonds is 4. The van der Waals surface area contributed by atoms with Crippen molar-refractivity contribution in [2.75, 3.05) is 0 Å². The molecule has 0 fully saturated rings. The molecule has 2 heterocycles. The minimum absolute atomic E-state index is 0.0574. The van der Waals surface area contributed by atoms with Gasteiger partial charge in [0.15, 0.2) is 6.61 Å². The summed E-state index contributed by atoms with van der Waals surface area (Å²) >= 11 is 0. The molecule has 2 aromatic heterocycles. The normalized spacial score (nSPS) is 10.8. The topological polar surface area (TPSA) is 95.4 Å². The van der Waals surface area contributed by atoms with Gasteiger partial charge in [0.05, 0.1) is 0 Å². The fraction of sp³-hybridized carbons (Fsp3) is 0.222. The first kappa shape index (κ1) is 17.5. The maximum absolute atomic E-state index is 13.6. The minimum Gasteiger partial charge on any atom is -0.452 e. The molecule has 0 spiro atoms. The summed E-state index contributed by atoms with van der Waals surface area (Å²) in [5, 5.41) is 3.75. The molecule has 7 nitrogen and oxygen atoms in total. The molecule has 3 aromatic rings. The Labute approximate surface area is 147 Å². The Kier molecular flexibility index (Phi) is 4.66. The van der Waals surface area contributed by atoms with Gasteiger partial charge in [-0.1, -0.05) is 17.3 Å². The van der Waals surface area contributed by atoms with Crippen LogP contribution >= 0.6 is 0 Å². The van der Waals surface area contributed by atoms with Crippen LogP contribution in [-0.4, -0.2) is 16.1 Å². The zero-order valence-corrected chi connectivity index (χ0v) is 14.3. The molecule has 0 radical (unpaired) electrons. The molecule has 1 aromatic carbocycles. The van der Waals surface area contributed by atoms with Crippen molar-refractivity contribution < 1.29 is 22.9 Å². The summed E-state index contributed by atoms with van der Waals surface area (Å²) in [6.45, 7) is 4.49. The number of aryl methyl sites for hydroxylation is 3. The van der Waals surface area contributed by atoms with E-state index >= 15 is 0 Å². The number of benzene rings is 1. The summed E-state index contributed by atoms with van der Waals surface area (Å²) in [5.41, 5.74) is 1.04. The molecule has 134 valence electrons. The molecule has 0 unspecified atom stereocenters. The molecule has 0 amide bonds. The number of hydrogen-bond donors (Lipinski definition) is 0. The lowest BCUT2D eigenvalue weighted by Crippen LogP contribution is -2.12. The molecule has 0 aliphatic heterocycles. The predicted molar refractivity (Wildman–Crippen MR) is 88.0 cm³/mol. The Morgan fingerprint density at radius 2 is 1.96 bits per heavy atom. The van der Waals surface area contributed by atoms with Crippen molar-refractivity contribution in [1.29, 1.82) is 0 Å². The van der Waals surface area contributed by atoms with Gasteiger partial charge in [-0.3, -0.25) is 0 Å². The Morgan fingerprint density at radius 1 is 1.19 bits per heavy atom. The average Bonchev–Trinajstić information content (AvgIpc) is 3.03. The standard InChI is InChI=1S/C18H15FN2O5/c1-9-4-5-12(7-13(9)19)17-20-14(26-21-17)8-24-18(23)16-10(2)6-15(22)25-11(16)3/h4-7H,8H2,1-3H3. The van der Waals surface area contributed by atoms with Gasteiger partial charge in [-0.05, 0) is 38.0 Å². The van der Waals surface area contributed by atoms with Crippen molar-refractivity contribution in [2.45, 2.75) is 27.4 Å². The van der Waals surface area contributed by atoms with Gasteiger partial charge in [-0.15, -0.1) is 0 Å². The Hall–Kier alpha value is -3.29. The van der Waals surface area contributed by atoms with E-state index in [1.165, 1.54) is 19.1 Å². The lowest BCUT2D eigenvalue weighted by Gasteiger charge is -2.06. The molecular formula is C18H15FN2O5. The van der Waals surface area contributed by atoms with Crippen molar-refractivity contribution >= 4 is 5.97 Å².